The van der Waals surface area contributed by atoms with Gasteiger partial charge in [0.05, 0.1) is 0 Å². The zero-order chi connectivity index (χ0) is 21.9. The van der Waals surface area contributed by atoms with Crippen LogP contribution in [0.1, 0.15) is 19.4 Å². The van der Waals surface area contributed by atoms with Gasteiger partial charge in [0.2, 0.25) is 0 Å². The van der Waals surface area contributed by atoms with Crippen molar-refractivity contribution in [3.63, 3.8) is 0 Å². The first kappa shape index (κ1) is 25.3. The summed E-state index contributed by atoms with van der Waals surface area (Å²) < 4.78 is 126. The quantitative estimate of drug-likeness (QED) is 0.340. The van der Waals surface area contributed by atoms with E-state index in [0.29, 0.717) is 0 Å². The number of hydrogen-bond donors (Lipinski definition) is 0. The third-order valence-electron chi connectivity index (χ3n) is 3.54. The van der Waals surface area contributed by atoms with Crippen molar-refractivity contribution in [3.05, 3.63) is 35.9 Å². The molecule has 0 amide bonds. The summed E-state index contributed by atoms with van der Waals surface area (Å²) in [5, 5.41) is 0. The second kappa shape index (κ2) is 8.96. The fourth-order valence-corrected chi connectivity index (χ4v) is 10.5. The zero-order valence-corrected chi connectivity index (χ0v) is 17.5. The Kier molecular flexibility index (Phi) is 8.10. The van der Waals surface area contributed by atoms with Crippen LogP contribution in [0.4, 0.5) is 39.5 Å². The van der Waals surface area contributed by atoms with Gasteiger partial charge in [-0.25, -0.2) is 0 Å². The normalized spacial score (nSPS) is 14.4. The molecule has 0 aliphatic heterocycles. The molecule has 0 N–H and O–H groups in total. The first-order chi connectivity index (χ1) is 12.5. The number of halogens is 9. The van der Waals surface area contributed by atoms with Crippen molar-refractivity contribution < 1.29 is 48.7 Å². The molecule has 0 saturated heterocycles. The van der Waals surface area contributed by atoms with E-state index in [0.717, 1.165) is 13.8 Å². The van der Waals surface area contributed by atoms with E-state index in [1.165, 1.54) is 30.3 Å². The van der Waals surface area contributed by atoms with E-state index in [9.17, 15) is 39.5 Å². The van der Waals surface area contributed by atoms with Gasteiger partial charge in [-0.3, -0.25) is 0 Å². The summed E-state index contributed by atoms with van der Waals surface area (Å²) in [7, 11) is 0. The van der Waals surface area contributed by atoms with Gasteiger partial charge < -0.3 is 0 Å². The van der Waals surface area contributed by atoms with Crippen molar-refractivity contribution in [2.45, 2.75) is 35.8 Å². The van der Waals surface area contributed by atoms with Crippen LogP contribution in [-0.2, 0) is 12.7 Å². The molecule has 0 radical (unpaired) electrons. The molecule has 0 unspecified atom stereocenters. The monoisotopic (exact) mass is 536 g/mol. The number of alkyl halides is 9. The molecule has 0 saturated carbocycles. The molecule has 0 atom stereocenters. The summed E-state index contributed by atoms with van der Waals surface area (Å²) in [6.45, 7) is -4.03. The topological polar surface area (TPSA) is 27.7 Å². The fourth-order valence-electron chi connectivity index (χ4n) is 2.23. The molecule has 0 aliphatic carbocycles. The van der Waals surface area contributed by atoms with Crippen LogP contribution in [0, 0.1) is 0 Å². The molecule has 0 aliphatic rings. The summed E-state index contributed by atoms with van der Waals surface area (Å²) in [6.07, 6.45) is -15.0. The Morgan fingerprint density at radius 1 is 0.643 bits per heavy atom. The second-order valence-electron chi connectivity index (χ2n) is 6.26. The molecule has 162 valence electrons. The van der Waals surface area contributed by atoms with E-state index in [-0.39, 0.29) is 5.56 Å². The van der Waals surface area contributed by atoms with Crippen LogP contribution >= 0.6 is 0 Å². The van der Waals surface area contributed by atoms with Crippen LogP contribution in [0.15, 0.2) is 30.3 Å². The van der Waals surface area contributed by atoms with Gasteiger partial charge in [-0.05, 0) is 0 Å². The Hall–Kier alpha value is -0.731. The Bertz CT molecular complexity index is 566. The SMILES string of the molecule is C[C](C)(c1ccccc1)[Sn]([O]CC(F)(F)F)([O]CC(F)(F)F)[O]CC(F)(F)F. The summed E-state index contributed by atoms with van der Waals surface area (Å²) in [4.78, 5) is 0. The van der Waals surface area contributed by atoms with Crippen LogP contribution < -0.4 is 0 Å². The molecule has 0 aromatic heterocycles. The van der Waals surface area contributed by atoms with Gasteiger partial charge >= 0.3 is 160 Å². The van der Waals surface area contributed by atoms with Crippen molar-refractivity contribution in [2.24, 2.45) is 0 Å². The molecule has 0 fully saturated rings. The van der Waals surface area contributed by atoms with Crippen LogP contribution in [0.25, 0.3) is 0 Å². The van der Waals surface area contributed by atoms with Crippen molar-refractivity contribution in [1.29, 1.82) is 0 Å². The Balaban J connectivity index is 3.42. The van der Waals surface area contributed by atoms with E-state index < -0.39 is 61.4 Å². The number of hydrogen-bond acceptors (Lipinski definition) is 3. The minimum absolute atomic E-state index is 0.123. The molecule has 0 bridgehead atoms. The van der Waals surface area contributed by atoms with Crippen LogP contribution in [0.3, 0.4) is 0 Å². The molecule has 28 heavy (non-hydrogen) atoms. The second-order valence-corrected chi connectivity index (χ2v) is 15.5. The van der Waals surface area contributed by atoms with Crippen molar-refractivity contribution in [3.8, 4) is 0 Å². The molecule has 1 aromatic rings. The van der Waals surface area contributed by atoms with E-state index in [2.05, 4.69) is 9.22 Å². The molecule has 0 heterocycles. The zero-order valence-electron chi connectivity index (χ0n) is 14.6. The average molecular weight is 535 g/mol. The van der Waals surface area contributed by atoms with Crippen LogP contribution in [0.5, 0.6) is 0 Å². The fraction of sp³-hybridized carbons (Fsp3) is 0.600. The molecule has 13 heteroatoms. The predicted molar refractivity (Wildman–Crippen MR) is 81.2 cm³/mol. The van der Waals surface area contributed by atoms with Gasteiger partial charge in [-0.2, -0.15) is 0 Å². The van der Waals surface area contributed by atoms with Crippen molar-refractivity contribution in [1.82, 2.24) is 0 Å². The molecular formula is C15H17F9O3Sn. The van der Waals surface area contributed by atoms with Crippen LogP contribution in [-0.4, -0.2) is 58.0 Å². The summed E-state index contributed by atoms with van der Waals surface area (Å²) in [5.74, 6) is 0. The van der Waals surface area contributed by atoms with Gasteiger partial charge in [0, 0.05) is 0 Å². The standard InChI is InChI=1S/C9H11.3C2H2F3O.Sn/c1-8(2)9-6-4-3-5-7-9;3*3-2(4,5)1-6;/h3-7H,1-2H3;3*1H2;/q;3*-1;+3. The predicted octanol–water partition coefficient (Wildman–Crippen LogP) is 5.18. The number of benzene rings is 1. The van der Waals surface area contributed by atoms with E-state index in [1.54, 1.807) is 0 Å². The van der Waals surface area contributed by atoms with Crippen molar-refractivity contribution in [2.75, 3.05) is 19.8 Å². The van der Waals surface area contributed by atoms with E-state index >= 15 is 0 Å². The Labute approximate surface area is 160 Å². The van der Waals surface area contributed by atoms with Crippen molar-refractivity contribution >= 4 is 19.6 Å². The van der Waals surface area contributed by atoms with Crippen LogP contribution in [0.2, 0.25) is 0 Å². The number of rotatable bonds is 8. The molecule has 1 rings (SSSR count). The van der Waals surface area contributed by atoms with Gasteiger partial charge in [-0.1, -0.05) is 0 Å². The summed E-state index contributed by atoms with van der Waals surface area (Å²) in [6, 6.07) is 7.02. The summed E-state index contributed by atoms with van der Waals surface area (Å²) in [5.41, 5.74) is 0.123. The van der Waals surface area contributed by atoms with Gasteiger partial charge in [0.1, 0.15) is 0 Å². The maximum absolute atomic E-state index is 12.7. The Morgan fingerprint density at radius 3 is 1.25 bits per heavy atom. The molecular weight excluding hydrogens is 518 g/mol. The van der Waals surface area contributed by atoms with E-state index in [1.807, 2.05) is 0 Å². The minimum atomic E-state index is -6.23. The van der Waals surface area contributed by atoms with Gasteiger partial charge in [0.15, 0.2) is 0 Å². The van der Waals surface area contributed by atoms with E-state index in [4.69, 9.17) is 0 Å². The maximum atomic E-state index is 12.7. The van der Waals surface area contributed by atoms with Gasteiger partial charge in [0.25, 0.3) is 0 Å². The molecule has 0 spiro atoms. The Morgan fingerprint density at radius 2 is 0.964 bits per heavy atom. The van der Waals surface area contributed by atoms with Gasteiger partial charge in [-0.15, -0.1) is 0 Å². The molecule has 3 nitrogen and oxygen atoms in total. The average Bonchev–Trinajstić information content (AvgIpc) is 2.52. The first-order valence-corrected chi connectivity index (χ1v) is 12.6. The first-order valence-electron chi connectivity index (χ1n) is 7.65. The third-order valence-corrected chi connectivity index (χ3v) is 13.2. The third kappa shape index (κ3) is 7.95. The molecule has 1 aromatic carbocycles. The summed E-state index contributed by atoms with van der Waals surface area (Å²) >= 11 is -6.23.